The molecular formula is C24H26N2O3. The van der Waals surface area contributed by atoms with Gasteiger partial charge < -0.3 is 14.4 Å². The second-order valence-electron chi connectivity index (χ2n) is 7.32. The Kier molecular flexibility index (Phi) is 5.65. The van der Waals surface area contributed by atoms with Gasteiger partial charge in [-0.2, -0.15) is 0 Å². The summed E-state index contributed by atoms with van der Waals surface area (Å²) >= 11 is 0. The number of ether oxygens (including phenoxy) is 2. The molecular weight excluding hydrogens is 364 g/mol. The molecule has 1 fully saturated rings. The van der Waals surface area contributed by atoms with Crippen molar-refractivity contribution in [3.05, 3.63) is 54.7 Å². The minimum atomic E-state index is 0.154. The number of piperidine rings is 1. The Hall–Kier alpha value is -3.08. The van der Waals surface area contributed by atoms with Crippen LogP contribution in [0.15, 0.2) is 54.7 Å². The van der Waals surface area contributed by atoms with Gasteiger partial charge in [-0.05, 0) is 35.9 Å². The topological polar surface area (TPSA) is 51.7 Å². The molecule has 1 aliphatic rings. The maximum Gasteiger partial charge on any atom is 0.222 e. The second kappa shape index (κ2) is 8.52. The molecule has 1 saturated heterocycles. The Balaban J connectivity index is 1.47. The fourth-order valence-corrected chi connectivity index (χ4v) is 3.85. The fraction of sp³-hybridized carbons (Fsp3) is 0.333. The number of amides is 1. The monoisotopic (exact) mass is 390 g/mol. The zero-order valence-electron chi connectivity index (χ0n) is 16.9. The lowest BCUT2D eigenvalue weighted by Gasteiger charge is -2.32. The SMILES string of the molecule is CCC(=O)N1CCC(Oc2ccc(-c3cc4ncccc4cc3OC)cc2)CC1. The van der Waals surface area contributed by atoms with Gasteiger partial charge in [0, 0.05) is 49.5 Å². The van der Waals surface area contributed by atoms with E-state index in [4.69, 9.17) is 9.47 Å². The van der Waals surface area contributed by atoms with E-state index < -0.39 is 0 Å². The van der Waals surface area contributed by atoms with E-state index in [0.717, 1.165) is 59.5 Å². The highest BCUT2D eigenvalue weighted by Gasteiger charge is 2.23. The van der Waals surface area contributed by atoms with Crippen LogP contribution in [0.5, 0.6) is 11.5 Å². The molecule has 2 aromatic carbocycles. The predicted molar refractivity (Wildman–Crippen MR) is 114 cm³/mol. The van der Waals surface area contributed by atoms with Gasteiger partial charge in [-0.1, -0.05) is 25.1 Å². The molecule has 0 N–H and O–H groups in total. The van der Waals surface area contributed by atoms with Crippen LogP contribution in [0.3, 0.4) is 0 Å². The first-order chi connectivity index (χ1) is 14.2. The quantitative estimate of drug-likeness (QED) is 0.634. The third-order valence-corrected chi connectivity index (χ3v) is 5.49. The Morgan fingerprint density at radius 3 is 2.59 bits per heavy atom. The summed E-state index contributed by atoms with van der Waals surface area (Å²) < 4.78 is 11.8. The number of fused-ring (bicyclic) bond motifs is 1. The van der Waals surface area contributed by atoms with Crippen molar-refractivity contribution in [2.45, 2.75) is 32.3 Å². The van der Waals surface area contributed by atoms with Crippen molar-refractivity contribution >= 4 is 16.8 Å². The number of rotatable bonds is 5. The van der Waals surface area contributed by atoms with E-state index in [9.17, 15) is 4.79 Å². The van der Waals surface area contributed by atoms with Crippen molar-refractivity contribution in [1.82, 2.24) is 9.88 Å². The largest absolute Gasteiger partial charge is 0.496 e. The van der Waals surface area contributed by atoms with Crippen LogP contribution in [0.2, 0.25) is 0 Å². The van der Waals surface area contributed by atoms with Crippen molar-refractivity contribution in [2.24, 2.45) is 0 Å². The number of benzene rings is 2. The van der Waals surface area contributed by atoms with Gasteiger partial charge in [0.15, 0.2) is 0 Å². The van der Waals surface area contributed by atoms with Crippen LogP contribution in [0.4, 0.5) is 0 Å². The zero-order valence-corrected chi connectivity index (χ0v) is 16.9. The number of nitrogens with zero attached hydrogens (tertiary/aromatic N) is 2. The first-order valence-corrected chi connectivity index (χ1v) is 10.2. The van der Waals surface area contributed by atoms with Crippen LogP contribution >= 0.6 is 0 Å². The highest BCUT2D eigenvalue weighted by molar-refractivity contribution is 5.88. The maximum atomic E-state index is 11.8. The van der Waals surface area contributed by atoms with E-state index in [-0.39, 0.29) is 12.0 Å². The van der Waals surface area contributed by atoms with Crippen molar-refractivity contribution in [1.29, 1.82) is 0 Å². The Morgan fingerprint density at radius 2 is 1.90 bits per heavy atom. The summed E-state index contributed by atoms with van der Waals surface area (Å²) in [6.45, 7) is 3.46. The maximum absolute atomic E-state index is 11.8. The molecule has 3 aromatic rings. The van der Waals surface area contributed by atoms with Gasteiger partial charge in [0.2, 0.25) is 5.91 Å². The average Bonchev–Trinajstić information content (AvgIpc) is 2.78. The molecule has 0 unspecified atom stereocenters. The van der Waals surface area contributed by atoms with Crippen molar-refractivity contribution in [2.75, 3.05) is 20.2 Å². The Morgan fingerprint density at radius 1 is 1.14 bits per heavy atom. The van der Waals surface area contributed by atoms with Crippen LogP contribution in [-0.2, 0) is 4.79 Å². The number of likely N-dealkylation sites (tertiary alicyclic amines) is 1. The van der Waals surface area contributed by atoms with Crippen LogP contribution in [-0.4, -0.2) is 42.1 Å². The summed E-state index contributed by atoms with van der Waals surface area (Å²) in [7, 11) is 1.69. The summed E-state index contributed by atoms with van der Waals surface area (Å²) in [5.74, 6) is 1.91. The highest BCUT2D eigenvalue weighted by atomic mass is 16.5. The number of hydrogen-bond acceptors (Lipinski definition) is 4. The molecule has 150 valence electrons. The Labute approximate surface area is 171 Å². The summed E-state index contributed by atoms with van der Waals surface area (Å²) in [6.07, 6.45) is 4.27. The number of hydrogen-bond donors (Lipinski definition) is 0. The molecule has 0 spiro atoms. The number of carbonyl (C=O) groups excluding carboxylic acids is 1. The lowest BCUT2D eigenvalue weighted by atomic mass is 10.0. The van der Waals surface area contributed by atoms with Crippen LogP contribution in [0, 0.1) is 0 Å². The number of aromatic nitrogens is 1. The van der Waals surface area contributed by atoms with Crippen LogP contribution in [0.1, 0.15) is 26.2 Å². The zero-order chi connectivity index (χ0) is 20.2. The lowest BCUT2D eigenvalue weighted by molar-refractivity contribution is -0.132. The lowest BCUT2D eigenvalue weighted by Crippen LogP contribution is -2.41. The molecule has 5 heteroatoms. The molecule has 1 aromatic heterocycles. The van der Waals surface area contributed by atoms with Crippen LogP contribution in [0.25, 0.3) is 22.0 Å². The van der Waals surface area contributed by atoms with Gasteiger partial charge in [0.1, 0.15) is 17.6 Å². The van der Waals surface area contributed by atoms with Gasteiger partial charge >= 0.3 is 0 Å². The molecule has 0 atom stereocenters. The summed E-state index contributed by atoms with van der Waals surface area (Å²) in [6, 6.07) is 16.1. The van der Waals surface area contributed by atoms with Crippen molar-refractivity contribution in [3.63, 3.8) is 0 Å². The van der Waals surface area contributed by atoms with Crippen molar-refractivity contribution in [3.8, 4) is 22.6 Å². The van der Waals surface area contributed by atoms with Gasteiger partial charge in [-0.15, -0.1) is 0 Å². The van der Waals surface area contributed by atoms with Crippen molar-refractivity contribution < 1.29 is 14.3 Å². The molecule has 1 amide bonds. The molecule has 0 bridgehead atoms. The van der Waals surface area contributed by atoms with Gasteiger partial charge in [0.05, 0.1) is 12.6 Å². The summed E-state index contributed by atoms with van der Waals surface area (Å²) in [5.41, 5.74) is 3.01. The molecule has 0 saturated carbocycles. The Bertz CT molecular complexity index is 993. The minimum absolute atomic E-state index is 0.154. The molecule has 0 radical (unpaired) electrons. The molecule has 29 heavy (non-hydrogen) atoms. The van der Waals surface area contributed by atoms with E-state index in [0.29, 0.717) is 6.42 Å². The van der Waals surface area contributed by atoms with Gasteiger partial charge in [0.25, 0.3) is 0 Å². The smallest absolute Gasteiger partial charge is 0.222 e. The van der Waals surface area contributed by atoms with E-state index in [1.54, 1.807) is 13.3 Å². The molecule has 4 rings (SSSR count). The molecule has 1 aliphatic heterocycles. The normalized spacial score (nSPS) is 14.8. The highest BCUT2D eigenvalue weighted by Crippen LogP contribution is 2.34. The first kappa shape index (κ1) is 19.2. The second-order valence-corrected chi connectivity index (χ2v) is 7.32. The molecule has 0 aliphatic carbocycles. The number of carbonyl (C=O) groups is 1. The van der Waals surface area contributed by atoms with Gasteiger partial charge in [-0.3, -0.25) is 9.78 Å². The number of pyridine rings is 1. The van der Waals surface area contributed by atoms with E-state index in [2.05, 4.69) is 23.2 Å². The minimum Gasteiger partial charge on any atom is -0.496 e. The van der Waals surface area contributed by atoms with Crippen LogP contribution < -0.4 is 9.47 Å². The van der Waals surface area contributed by atoms with E-state index in [1.165, 1.54) is 0 Å². The predicted octanol–water partition coefficient (Wildman–Crippen LogP) is 4.69. The fourth-order valence-electron chi connectivity index (χ4n) is 3.85. The number of methoxy groups -OCH3 is 1. The van der Waals surface area contributed by atoms with E-state index >= 15 is 0 Å². The standard InChI is InChI=1S/C24H26N2O3/c1-3-24(27)26-13-10-20(11-14-26)29-19-8-6-17(7-9-19)21-16-22-18(5-4-12-25-22)15-23(21)28-2/h4-9,12,15-16,20H,3,10-11,13-14H2,1-2H3. The average molecular weight is 390 g/mol. The van der Waals surface area contributed by atoms with Gasteiger partial charge in [-0.25, -0.2) is 0 Å². The first-order valence-electron chi connectivity index (χ1n) is 10.2. The third-order valence-electron chi connectivity index (χ3n) is 5.49. The third kappa shape index (κ3) is 4.19. The summed E-state index contributed by atoms with van der Waals surface area (Å²) in [5, 5.41) is 1.06. The van der Waals surface area contributed by atoms with E-state index in [1.807, 2.05) is 42.2 Å². The summed E-state index contributed by atoms with van der Waals surface area (Å²) in [4.78, 5) is 18.2. The molecule has 5 nitrogen and oxygen atoms in total. The molecule has 2 heterocycles.